The summed E-state index contributed by atoms with van der Waals surface area (Å²) in [6, 6.07) is 9.72. The summed E-state index contributed by atoms with van der Waals surface area (Å²) in [5.74, 6) is -0.526. The van der Waals surface area contributed by atoms with Crippen LogP contribution in [-0.4, -0.2) is 15.3 Å². The van der Waals surface area contributed by atoms with Gasteiger partial charge in [-0.1, -0.05) is 41.9 Å². The van der Waals surface area contributed by atoms with Gasteiger partial charge in [0, 0.05) is 6.20 Å². The number of aryl methyl sites for hydroxylation is 1. The molecule has 2 aromatic heterocycles. The second-order valence-electron chi connectivity index (χ2n) is 5.92. The molecule has 1 aromatic carbocycles. The predicted molar refractivity (Wildman–Crippen MR) is 92.3 cm³/mol. The summed E-state index contributed by atoms with van der Waals surface area (Å²) >= 11 is 5.94. The lowest BCUT2D eigenvalue weighted by atomic mass is 10.1. The quantitative estimate of drug-likeness (QED) is 0.708. The van der Waals surface area contributed by atoms with E-state index in [1.807, 2.05) is 30.3 Å². The number of nitrogens with one attached hydrogen (secondary N) is 1. The Morgan fingerprint density at radius 1 is 1.27 bits per heavy atom. The SMILES string of the molecule is Cc1nc2c(Cl)cc(C(F)(F)F)cn2c1C(=O)NC(C)c1ccccc1. The fraction of sp³-hybridized carbons (Fsp3) is 0.222. The van der Waals surface area contributed by atoms with Crippen LogP contribution in [0, 0.1) is 6.92 Å². The molecule has 1 unspecified atom stereocenters. The second-order valence-corrected chi connectivity index (χ2v) is 6.33. The highest BCUT2D eigenvalue weighted by atomic mass is 35.5. The number of pyridine rings is 1. The van der Waals surface area contributed by atoms with Gasteiger partial charge in [-0.3, -0.25) is 9.20 Å². The van der Waals surface area contributed by atoms with Crippen molar-refractivity contribution >= 4 is 23.2 Å². The number of carbonyl (C=O) groups excluding carboxylic acids is 1. The molecule has 0 aliphatic heterocycles. The van der Waals surface area contributed by atoms with Gasteiger partial charge in [0.1, 0.15) is 5.69 Å². The van der Waals surface area contributed by atoms with E-state index < -0.39 is 17.6 Å². The molecule has 0 bridgehead atoms. The van der Waals surface area contributed by atoms with Crippen LogP contribution in [0.1, 0.15) is 40.3 Å². The van der Waals surface area contributed by atoms with Crippen LogP contribution in [0.15, 0.2) is 42.6 Å². The zero-order valence-electron chi connectivity index (χ0n) is 13.9. The van der Waals surface area contributed by atoms with Gasteiger partial charge in [0.05, 0.1) is 22.3 Å². The van der Waals surface area contributed by atoms with Crippen LogP contribution in [0.2, 0.25) is 5.02 Å². The van der Waals surface area contributed by atoms with E-state index in [1.54, 1.807) is 13.8 Å². The van der Waals surface area contributed by atoms with Gasteiger partial charge in [-0.25, -0.2) is 4.98 Å². The number of amides is 1. The number of alkyl halides is 3. The highest BCUT2D eigenvalue weighted by molar-refractivity contribution is 6.33. The summed E-state index contributed by atoms with van der Waals surface area (Å²) in [6.07, 6.45) is -3.75. The van der Waals surface area contributed by atoms with Crippen LogP contribution in [0.4, 0.5) is 13.2 Å². The van der Waals surface area contributed by atoms with Crippen molar-refractivity contribution in [3.8, 4) is 0 Å². The number of carbonyl (C=O) groups is 1. The molecule has 0 aliphatic rings. The van der Waals surface area contributed by atoms with Gasteiger partial charge >= 0.3 is 6.18 Å². The Labute approximate surface area is 152 Å². The molecule has 26 heavy (non-hydrogen) atoms. The first-order chi connectivity index (χ1) is 12.2. The molecule has 1 N–H and O–H groups in total. The third kappa shape index (κ3) is 3.39. The molecule has 136 valence electrons. The van der Waals surface area contributed by atoms with Crippen LogP contribution in [0.5, 0.6) is 0 Å². The molecule has 0 spiro atoms. The molecule has 4 nitrogen and oxygen atoms in total. The minimum atomic E-state index is -4.58. The minimum absolute atomic E-state index is 0.0239. The molecule has 0 saturated heterocycles. The number of fused-ring (bicyclic) bond motifs is 1. The van der Waals surface area contributed by atoms with E-state index in [0.29, 0.717) is 5.69 Å². The van der Waals surface area contributed by atoms with Gasteiger partial charge in [0.15, 0.2) is 5.65 Å². The Balaban J connectivity index is 2.02. The zero-order chi connectivity index (χ0) is 19.1. The predicted octanol–water partition coefficient (Wildman–Crippen LogP) is 4.81. The van der Waals surface area contributed by atoms with Crippen molar-refractivity contribution in [1.29, 1.82) is 0 Å². The van der Waals surface area contributed by atoms with E-state index in [2.05, 4.69) is 10.3 Å². The number of nitrogens with zero attached hydrogens (tertiary/aromatic N) is 2. The molecule has 3 aromatic rings. The van der Waals surface area contributed by atoms with E-state index >= 15 is 0 Å². The van der Waals surface area contributed by atoms with Crippen molar-refractivity contribution in [2.24, 2.45) is 0 Å². The average Bonchev–Trinajstić information content (AvgIpc) is 2.91. The number of hydrogen-bond donors (Lipinski definition) is 1. The van der Waals surface area contributed by atoms with E-state index in [4.69, 9.17) is 11.6 Å². The van der Waals surface area contributed by atoms with E-state index in [9.17, 15) is 18.0 Å². The number of imidazole rings is 1. The third-order valence-electron chi connectivity index (χ3n) is 4.04. The molecule has 3 rings (SSSR count). The van der Waals surface area contributed by atoms with Crippen LogP contribution < -0.4 is 5.32 Å². The Morgan fingerprint density at radius 3 is 2.54 bits per heavy atom. The van der Waals surface area contributed by atoms with E-state index in [-0.39, 0.29) is 22.4 Å². The molecule has 1 atom stereocenters. The normalized spacial score (nSPS) is 13.0. The van der Waals surface area contributed by atoms with Crippen molar-refractivity contribution < 1.29 is 18.0 Å². The Morgan fingerprint density at radius 2 is 1.92 bits per heavy atom. The summed E-state index contributed by atoms with van der Waals surface area (Å²) < 4.78 is 40.3. The highest BCUT2D eigenvalue weighted by Crippen LogP contribution is 2.33. The number of aromatic nitrogens is 2. The smallest absolute Gasteiger partial charge is 0.344 e. The fourth-order valence-corrected chi connectivity index (χ4v) is 2.99. The molecular formula is C18H15ClF3N3O. The van der Waals surface area contributed by atoms with Crippen molar-refractivity contribution in [3.63, 3.8) is 0 Å². The number of rotatable bonds is 3. The van der Waals surface area contributed by atoms with Crippen LogP contribution >= 0.6 is 11.6 Å². The highest BCUT2D eigenvalue weighted by Gasteiger charge is 2.33. The first kappa shape index (κ1) is 18.3. The zero-order valence-corrected chi connectivity index (χ0v) is 14.7. The third-order valence-corrected chi connectivity index (χ3v) is 4.32. The largest absolute Gasteiger partial charge is 0.417 e. The topological polar surface area (TPSA) is 46.4 Å². The van der Waals surface area contributed by atoms with Gasteiger partial charge in [0.25, 0.3) is 5.91 Å². The Bertz CT molecular complexity index is 967. The van der Waals surface area contributed by atoms with Gasteiger partial charge in [0.2, 0.25) is 0 Å². The second kappa shape index (κ2) is 6.64. The van der Waals surface area contributed by atoms with Crippen LogP contribution in [0.25, 0.3) is 5.65 Å². The molecule has 0 radical (unpaired) electrons. The first-order valence-electron chi connectivity index (χ1n) is 7.79. The van der Waals surface area contributed by atoms with Gasteiger partial charge < -0.3 is 5.32 Å². The maximum atomic E-state index is 13.1. The minimum Gasteiger partial charge on any atom is -0.344 e. The van der Waals surface area contributed by atoms with Crippen molar-refractivity contribution in [1.82, 2.24) is 14.7 Å². The first-order valence-corrected chi connectivity index (χ1v) is 8.17. The summed E-state index contributed by atoms with van der Waals surface area (Å²) in [4.78, 5) is 16.8. The molecule has 8 heteroatoms. The van der Waals surface area contributed by atoms with Crippen molar-refractivity contribution in [2.75, 3.05) is 0 Å². The van der Waals surface area contributed by atoms with Crippen molar-refractivity contribution in [3.05, 3.63) is 70.1 Å². The Kier molecular flexibility index (Phi) is 4.66. The molecule has 1 amide bonds. The maximum absolute atomic E-state index is 13.1. The monoisotopic (exact) mass is 381 g/mol. The van der Waals surface area contributed by atoms with Crippen molar-refractivity contribution in [2.45, 2.75) is 26.1 Å². The van der Waals surface area contributed by atoms with Gasteiger partial charge in [-0.2, -0.15) is 13.2 Å². The van der Waals surface area contributed by atoms with Crippen LogP contribution in [0.3, 0.4) is 0 Å². The van der Waals surface area contributed by atoms with Gasteiger partial charge in [-0.15, -0.1) is 0 Å². The van der Waals surface area contributed by atoms with E-state index in [0.717, 1.165) is 22.2 Å². The van der Waals surface area contributed by atoms with Gasteiger partial charge in [-0.05, 0) is 25.5 Å². The maximum Gasteiger partial charge on any atom is 0.417 e. The Hall–Kier alpha value is -2.54. The number of benzene rings is 1. The lowest BCUT2D eigenvalue weighted by molar-refractivity contribution is -0.137. The lowest BCUT2D eigenvalue weighted by Gasteiger charge is -2.15. The number of hydrogen-bond acceptors (Lipinski definition) is 2. The molecule has 0 saturated carbocycles. The lowest BCUT2D eigenvalue weighted by Crippen LogP contribution is -2.28. The summed E-state index contributed by atoms with van der Waals surface area (Å²) in [5.41, 5.74) is 0.355. The summed E-state index contributed by atoms with van der Waals surface area (Å²) in [7, 11) is 0. The average molecular weight is 382 g/mol. The number of halogens is 4. The summed E-state index contributed by atoms with van der Waals surface area (Å²) in [6.45, 7) is 3.35. The molecular weight excluding hydrogens is 367 g/mol. The molecule has 2 heterocycles. The van der Waals surface area contributed by atoms with E-state index in [1.165, 1.54) is 0 Å². The molecule has 0 fully saturated rings. The standard InChI is InChI=1S/C18H15ClF3N3O/c1-10(12-6-4-3-5-7-12)24-17(26)15-11(2)23-16-14(19)8-13(9-25(15)16)18(20,21)22/h3-10H,1-2H3,(H,24,26). The van der Waals surface area contributed by atoms with Crippen LogP contribution in [-0.2, 0) is 6.18 Å². The molecule has 0 aliphatic carbocycles. The summed E-state index contributed by atoms with van der Waals surface area (Å²) in [5, 5.41) is 2.62. The fourth-order valence-electron chi connectivity index (χ4n) is 2.74.